The molecule has 0 radical (unpaired) electrons. The van der Waals surface area contributed by atoms with Gasteiger partial charge in [-0.1, -0.05) is 29.3 Å². The van der Waals surface area contributed by atoms with Crippen LogP contribution in [0.4, 0.5) is 8.78 Å². The molecule has 1 N–H and O–H groups in total. The maximum Gasteiger partial charge on any atom is 0.298 e. The summed E-state index contributed by atoms with van der Waals surface area (Å²) in [6.07, 6.45) is 0. The van der Waals surface area contributed by atoms with E-state index in [2.05, 4.69) is 0 Å². The van der Waals surface area contributed by atoms with Crippen LogP contribution in [0.2, 0.25) is 10.0 Å². The lowest BCUT2D eigenvalue weighted by atomic mass is 10.1. The van der Waals surface area contributed by atoms with E-state index >= 15 is 0 Å². The normalized spacial score (nSPS) is 11.8. The van der Waals surface area contributed by atoms with Gasteiger partial charge < -0.3 is 5.11 Å². The first-order valence-electron chi connectivity index (χ1n) is 3.42. The van der Waals surface area contributed by atoms with Crippen molar-refractivity contribution >= 4 is 23.2 Å². The first-order valence-corrected chi connectivity index (χ1v) is 4.18. The van der Waals surface area contributed by atoms with E-state index in [0.717, 1.165) is 0 Å². The first-order chi connectivity index (χ1) is 5.99. The van der Waals surface area contributed by atoms with Gasteiger partial charge in [0.05, 0.1) is 15.6 Å². The van der Waals surface area contributed by atoms with E-state index in [1.807, 2.05) is 0 Å². The molecule has 0 aliphatic heterocycles. The zero-order valence-corrected chi connectivity index (χ0v) is 7.91. The summed E-state index contributed by atoms with van der Waals surface area (Å²) in [6.45, 7) is -1.31. The van der Waals surface area contributed by atoms with Gasteiger partial charge in [-0.3, -0.25) is 0 Å². The Morgan fingerprint density at radius 3 is 2.08 bits per heavy atom. The van der Waals surface area contributed by atoms with Gasteiger partial charge in [-0.05, 0) is 12.1 Å². The van der Waals surface area contributed by atoms with Gasteiger partial charge in [0.15, 0.2) is 0 Å². The summed E-state index contributed by atoms with van der Waals surface area (Å²) in [4.78, 5) is 0. The third-order valence-electron chi connectivity index (χ3n) is 1.53. The molecule has 0 saturated carbocycles. The van der Waals surface area contributed by atoms with Crippen LogP contribution >= 0.6 is 23.2 Å². The molecule has 0 aliphatic rings. The molecule has 0 aliphatic carbocycles. The van der Waals surface area contributed by atoms with Crippen molar-refractivity contribution in [2.45, 2.75) is 5.92 Å². The summed E-state index contributed by atoms with van der Waals surface area (Å²) in [5.74, 6) is -3.39. The van der Waals surface area contributed by atoms with Crippen molar-refractivity contribution < 1.29 is 13.9 Å². The molecule has 13 heavy (non-hydrogen) atoms. The number of benzene rings is 1. The zero-order chi connectivity index (χ0) is 10.1. The average Bonchev–Trinajstić information content (AvgIpc) is 2.03. The predicted octanol–water partition coefficient (Wildman–Crippen LogP) is 3.08. The molecule has 72 valence electrons. The summed E-state index contributed by atoms with van der Waals surface area (Å²) in [5.41, 5.74) is -0.527. The predicted molar refractivity (Wildman–Crippen MR) is 47.4 cm³/mol. The van der Waals surface area contributed by atoms with Crippen molar-refractivity contribution in [2.75, 3.05) is 6.61 Å². The molecular formula is C8H6Cl2F2O. The highest BCUT2D eigenvalue weighted by Crippen LogP contribution is 2.37. The molecular weight excluding hydrogens is 221 g/mol. The fourth-order valence-electron chi connectivity index (χ4n) is 0.926. The molecule has 0 amide bonds. The van der Waals surface area contributed by atoms with Crippen molar-refractivity contribution in [3.05, 3.63) is 33.8 Å². The monoisotopic (exact) mass is 226 g/mol. The van der Waals surface area contributed by atoms with Gasteiger partial charge in [0.1, 0.15) is 6.61 Å². The largest absolute Gasteiger partial charge is 0.390 e. The second-order valence-corrected chi connectivity index (χ2v) is 3.27. The van der Waals surface area contributed by atoms with Crippen molar-refractivity contribution in [3.8, 4) is 0 Å². The minimum Gasteiger partial charge on any atom is -0.390 e. The Hall–Kier alpha value is -0.380. The van der Waals surface area contributed by atoms with Crippen LogP contribution in [0.1, 0.15) is 5.56 Å². The summed E-state index contributed by atoms with van der Waals surface area (Å²) in [6, 6.07) is 4.06. The van der Waals surface area contributed by atoms with Crippen LogP contribution in [-0.2, 0) is 5.92 Å². The Bertz CT molecular complexity index is 295. The average molecular weight is 227 g/mol. The van der Waals surface area contributed by atoms with E-state index in [4.69, 9.17) is 28.3 Å². The molecule has 0 saturated heterocycles. The van der Waals surface area contributed by atoms with Crippen LogP contribution in [-0.4, -0.2) is 11.7 Å². The molecule has 0 unspecified atom stereocenters. The number of hydrogen-bond acceptors (Lipinski definition) is 1. The zero-order valence-electron chi connectivity index (χ0n) is 6.40. The highest BCUT2D eigenvalue weighted by atomic mass is 35.5. The number of aliphatic hydroxyl groups is 1. The number of halogens is 4. The van der Waals surface area contributed by atoms with Gasteiger partial charge in [0, 0.05) is 0 Å². The lowest BCUT2D eigenvalue weighted by Gasteiger charge is -2.16. The van der Waals surface area contributed by atoms with Crippen molar-refractivity contribution in [2.24, 2.45) is 0 Å². The molecule has 1 aromatic carbocycles. The third kappa shape index (κ3) is 2.10. The highest BCUT2D eigenvalue weighted by molar-refractivity contribution is 6.36. The van der Waals surface area contributed by atoms with Crippen LogP contribution in [0, 0.1) is 0 Å². The van der Waals surface area contributed by atoms with E-state index < -0.39 is 18.1 Å². The SMILES string of the molecule is OCC(F)(F)c1c(Cl)cccc1Cl. The van der Waals surface area contributed by atoms with E-state index in [1.165, 1.54) is 18.2 Å². The van der Waals surface area contributed by atoms with E-state index in [9.17, 15) is 8.78 Å². The van der Waals surface area contributed by atoms with Crippen LogP contribution in [0.5, 0.6) is 0 Å². The molecule has 0 spiro atoms. The maximum absolute atomic E-state index is 13.0. The molecule has 1 aromatic rings. The molecule has 0 bridgehead atoms. The molecule has 0 fully saturated rings. The Balaban J connectivity index is 3.28. The number of aliphatic hydroxyl groups excluding tert-OH is 1. The number of rotatable bonds is 2. The molecule has 0 atom stereocenters. The van der Waals surface area contributed by atoms with Gasteiger partial charge in [-0.25, -0.2) is 0 Å². The van der Waals surface area contributed by atoms with Gasteiger partial charge in [0.2, 0.25) is 0 Å². The van der Waals surface area contributed by atoms with Gasteiger partial charge in [-0.2, -0.15) is 8.78 Å². The number of hydrogen-bond donors (Lipinski definition) is 1. The Kier molecular flexibility index (Phi) is 3.11. The lowest BCUT2D eigenvalue weighted by molar-refractivity contribution is -0.0554. The summed E-state index contributed by atoms with van der Waals surface area (Å²) < 4.78 is 26.0. The molecule has 1 rings (SSSR count). The Morgan fingerprint density at radius 2 is 1.69 bits per heavy atom. The molecule has 0 aromatic heterocycles. The topological polar surface area (TPSA) is 20.2 Å². The molecule has 5 heteroatoms. The number of alkyl halides is 2. The van der Waals surface area contributed by atoms with Crippen molar-refractivity contribution in [1.82, 2.24) is 0 Å². The molecule has 0 heterocycles. The lowest BCUT2D eigenvalue weighted by Crippen LogP contribution is -2.19. The standard InChI is InChI=1S/C8H6Cl2F2O/c9-5-2-1-3-6(10)7(5)8(11,12)4-13/h1-3,13H,4H2. The Morgan fingerprint density at radius 1 is 1.23 bits per heavy atom. The van der Waals surface area contributed by atoms with Gasteiger partial charge in [0.25, 0.3) is 5.92 Å². The maximum atomic E-state index is 13.0. The van der Waals surface area contributed by atoms with Crippen molar-refractivity contribution in [3.63, 3.8) is 0 Å². The van der Waals surface area contributed by atoms with Crippen LogP contribution in [0.3, 0.4) is 0 Å². The minimum absolute atomic E-state index is 0.147. The second kappa shape index (κ2) is 3.78. The van der Waals surface area contributed by atoms with Crippen molar-refractivity contribution in [1.29, 1.82) is 0 Å². The quantitative estimate of drug-likeness (QED) is 0.822. The van der Waals surface area contributed by atoms with Gasteiger partial charge in [-0.15, -0.1) is 0 Å². The fraction of sp³-hybridized carbons (Fsp3) is 0.250. The smallest absolute Gasteiger partial charge is 0.298 e. The van der Waals surface area contributed by atoms with E-state index in [0.29, 0.717) is 0 Å². The van der Waals surface area contributed by atoms with Crippen LogP contribution < -0.4 is 0 Å². The van der Waals surface area contributed by atoms with Crippen LogP contribution in [0.25, 0.3) is 0 Å². The molecule has 1 nitrogen and oxygen atoms in total. The van der Waals surface area contributed by atoms with E-state index in [1.54, 1.807) is 0 Å². The third-order valence-corrected chi connectivity index (χ3v) is 2.16. The highest BCUT2D eigenvalue weighted by Gasteiger charge is 2.35. The summed E-state index contributed by atoms with van der Waals surface area (Å²) in [5, 5.41) is 8.14. The Labute approximate surface area is 83.9 Å². The second-order valence-electron chi connectivity index (χ2n) is 2.46. The first kappa shape index (κ1) is 10.7. The fourth-order valence-corrected chi connectivity index (χ4v) is 1.60. The van der Waals surface area contributed by atoms with E-state index in [-0.39, 0.29) is 10.0 Å². The minimum atomic E-state index is -3.39. The summed E-state index contributed by atoms with van der Waals surface area (Å²) in [7, 11) is 0. The summed E-state index contributed by atoms with van der Waals surface area (Å²) >= 11 is 11.0. The van der Waals surface area contributed by atoms with Gasteiger partial charge >= 0.3 is 0 Å². The van der Waals surface area contributed by atoms with Crippen LogP contribution in [0.15, 0.2) is 18.2 Å².